The monoisotopic (exact) mass is 490 g/mol. The highest BCUT2D eigenvalue weighted by Crippen LogP contribution is 2.48. The van der Waals surface area contributed by atoms with Crippen LogP contribution in [0.25, 0.3) is 0 Å². The van der Waals surface area contributed by atoms with Crippen molar-refractivity contribution in [3.05, 3.63) is 71.9 Å². The van der Waals surface area contributed by atoms with Gasteiger partial charge in [-0.15, -0.1) is 0 Å². The van der Waals surface area contributed by atoms with E-state index in [1.165, 1.54) is 11.1 Å². The first-order valence-electron chi connectivity index (χ1n) is 13.5. The van der Waals surface area contributed by atoms with Crippen LogP contribution in [0.5, 0.6) is 11.5 Å². The van der Waals surface area contributed by atoms with Crippen molar-refractivity contribution in [2.75, 3.05) is 0 Å². The SMILES string of the molecule is [CH]Oc1c(C(C)c2cc(C(C)(C)C)cc(C(C)(C)CC)c2O[CH])cc(C(C)(C)C)cc1C(C)(C)CC. The predicted octanol–water partition coefficient (Wildman–Crippen LogP) is 9.90. The molecule has 0 heterocycles. The largest absolute Gasteiger partial charge is 0.482 e. The maximum atomic E-state index is 6.01. The Morgan fingerprint density at radius 2 is 0.917 bits per heavy atom. The summed E-state index contributed by atoms with van der Waals surface area (Å²) in [4.78, 5) is 0. The Balaban J connectivity index is 3.02. The molecule has 0 atom stereocenters. The standard InChI is InChI=1S/C34H50O2/c1-16-33(10,11)27-20-23(31(4,5)6)18-25(29(27)35-14)22(3)26-19-24(32(7,8)9)21-28(30(26)36-15)34(12,13)17-2/h14-15,18-22H,16-17H2,1-13H3. The van der Waals surface area contributed by atoms with Gasteiger partial charge in [0, 0.05) is 28.2 Å². The van der Waals surface area contributed by atoms with E-state index in [-0.39, 0.29) is 27.6 Å². The zero-order chi connectivity index (χ0) is 27.9. The first-order valence-corrected chi connectivity index (χ1v) is 13.5. The quantitative estimate of drug-likeness (QED) is 0.366. The van der Waals surface area contributed by atoms with Gasteiger partial charge in [0.05, 0.1) is 0 Å². The van der Waals surface area contributed by atoms with E-state index in [1.54, 1.807) is 0 Å². The molecule has 198 valence electrons. The second kappa shape index (κ2) is 10.4. The van der Waals surface area contributed by atoms with Crippen LogP contribution >= 0.6 is 0 Å². The minimum absolute atomic E-state index is 0.0318. The molecule has 0 aromatic heterocycles. The van der Waals surface area contributed by atoms with Gasteiger partial charge in [-0.25, -0.2) is 0 Å². The van der Waals surface area contributed by atoms with Crippen molar-refractivity contribution < 1.29 is 9.47 Å². The predicted molar refractivity (Wildman–Crippen MR) is 154 cm³/mol. The van der Waals surface area contributed by atoms with Gasteiger partial charge >= 0.3 is 0 Å². The molecule has 2 rings (SSSR count). The smallest absolute Gasteiger partial charge is 0.180 e. The van der Waals surface area contributed by atoms with Gasteiger partial charge in [0.1, 0.15) is 11.5 Å². The Kier molecular flexibility index (Phi) is 8.76. The molecule has 0 bridgehead atoms. The highest BCUT2D eigenvalue weighted by Gasteiger charge is 2.33. The summed E-state index contributed by atoms with van der Waals surface area (Å²) in [6.45, 7) is 29.1. The minimum atomic E-state index is -0.0970. The van der Waals surface area contributed by atoms with E-state index in [2.05, 4.69) is 114 Å². The molecule has 0 aliphatic rings. The lowest BCUT2D eigenvalue weighted by Gasteiger charge is -2.34. The molecule has 0 spiro atoms. The zero-order valence-electron chi connectivity index (χ0n) is 25.3. The summed E-state index contributed by atoms with van der Waals surface area (Å²) in [5, 5.41) is 0. The first kappa shape index (κ1) is 30.3. The van der Waals surface area contributed by atoms with Crippen molar-refractivity contribution in [3.63, 3.8) is 0 Å². The number of hydrogen-bond donors (Lipinski definition) is 0. The molecule has 2 aromatic rings. The molecule has 0 amide bonds. The molecule has 2 aromatic carbocycles. The van der Waals surface area contributed by atoms with Gasteiger partial charge < -0.3 is 9.47 Å². The Bertz CT molecular complexity index is 973. The third-order valence-corrected chi connectivity index (χ3v) is 8.36. The molecule has 2 nitrogen and oxygen atoms in total. The first-order chi connectivity index (χ1) is 16.4. The molecule has 0 N–H and O–H groups in total. The number of benzene rings is 2. The van der Waals surface area contributed by atoms with E-state index in [1.807, 2.05) is 0 Å². The van der Waals surface area contributed by atoms with E-state index < -0.39 is 0 Å². The lowest BCUT2D eigenvalue weighted by molar-refractivity contribution is 0.415. The maximum absolute atomic E-state index is 6.01. The second-order valence-corrected chi connectivity index (χ2v) is 13.8. The van der Waals surface area contributed by atoms with Crippen LogP contribution in [0.1, 0.15) is 142 Å². The van der Waals surface area contributed by atoms with Crippen LogP contribution < -0.4 is 9.47 Å². The van der Waals surface area contributed by atoms with E-state index >= 15 is 0 Å². The van der Waals surface area contributed by atoms with Crippen LogP contribution in [-0.4, -0.2) is 0 Å². The average Bonchev–Trinajstić information content (AvgIpc) is 2.80. The van der Waals surface area contributed by atoms with Gasteiger partial charge in [0.2, 0.25) is 0 Å². The van der Waals surface area contributed by atoms with Gasteiger partial charge in [0.25, 0.3) is 0 Å². The lowest BCUT2D eigenvalue weighted by atomic mass is 9.73. The number of rotatable bonds is 8. The highest BCUT2D eigenvalue weighted by molar-refractivity contribution is 5.58. The average molecular weight is 491 g/mol. The highest BCUT2D eigenvalue weighted by atomic mass is 16.5. The van der Waals surface area contributed by atoms with E-state index in [4.69, 9.17) is 23.7 Å². The Morgan fingerprint density at radius 3 is 1.14 bits per heavy atom. The van der Waals surface area contributed by atoms with Crippen molar-refractivity contribution in [2.24, 2.45) is 0 Å². The normalized spacial score (nSPS) is 13.3. The van der Waals surface area contributed by atoms with Crippen LogP contribution in [0.3, 0.4) is 0 Å². The van der Waals surface area contributed by atoms with E-state index in [0.29, 0.717) is 0 Å². The summed E-state index contributed by atoms with van der Waals surface area (Å²) in [6.07, 6.45) is 1.94. The van der Waals surface area contributed by atoms with Crippen molar-refractivity contribution in [1.82, 2.24) is 0 Å². The summed E-state index contributed by atoms with van der Waals surface area (Å²) in [5.41, 5.74) is 6.66. The topological polar surface area (TPSA) is 18.5 Å². The Hall–Kier alpha value is -1.96. The fourth-order valence-electron chi connectivity index (χ4n) is 4.63. The molecular formula is C34H50O2. The number of ether oxygens (including phenoxy) is 2. The molecule has 0 fully saturated rings. The summed E-state index contributed by atoms with van der Waals surface area (Å²) in [6, 6.07) is 9.08. The molecule has 0 aliphatic heterocycles. The summed E-state index contributed by atoms with van der Waals surface area (Å²) >= 11 is 0. The minimum Gasteiger partial charge on any atom is -0.482 e. The van der Waals surface area contributed by atoms with Crippen LogP contribution in [-0.2, 0) is 21.7 Å². The molecule has 36 heavy (non-hydrogen) atoms. The van der Waals surface area contributed by atoms with Crippen LogP contribution in [0.4, 0.5) is 0 Å². The van der Waals surface area contributed by atoms with Gasteiger partial charge in [-0.3, -0.25) is 0 Å². The van der Waals surface area contributed by atoms with Gasteiger partial charge in [-0.05, 0) is 45.6 Å². The molecule has 2 heteroatoms. The second-order valence-electron chi connectivity index (χ2n) is 13.8. The van der Waals surface area contributed by atoms with E-state index in [9.17, 15) is 0 Å². The third-order valence-electron chi connectivity index (χ3n) is 8.36. The molecular weight excluding hydrogens is 440 g/mol. The van der Waals surface area contributed by atoms with Gasteiger partial charge in [-0.2, -0.15) is 0 Å². The fourth-order valence-corrected chi connectivity index (χ4v) is 4.63. The van der Waals surface area contributed by atoms with Crippen LogP contribution in [0.15, 0.2) is 24.3 Å². The van der Waals surface area contributed by atoms with Crippen molar-refractivity contribution >= 4 is 0 Å². The molecule has 0 saturated carbocycles. The molecule has 0 aliphatic carbocycles. The molecule has 4 radical (unpaired) electrons. The van der Waals surface area contributed by atoms with Crippen LogP contribution in [0, 0.1) is 14.2 Å². The lowest BCUT2D eigenvalue weighted by Crippen LogP contribution is -2.22. The Morgan fingerprint density at radius 1 is 0.611 bits per heavy atom. The fraction of sp³-hybridized carbons (Fsp3) is 0.588. The zero-order valence-corrected chi connectivity index (χ0v) is 25.3. The Labute approximate surface area is 223 Å². The third kappa shape index (κ3) is 5.95. The summed E-state index contributed by atoms with van der Waals surface area (Å²) < 4.78 is 11.4. The van der Waals surface area contributed by atoms with Crippen molar-refractivity contribution in [1.29, 1.82) is 0 Å². The number of hydrogen-bond acceptors (Lipinski definition) is 2. The molecule has 0 saturated heterocycles. The van der Waals surface area contributed by atoms with Crippen molar-refractivity contribution in [2.45, 2.75) is 130 Å². The summed E-state index contributed by atoms with van der Waals surface area (Å²) in [7, 11) is 12.0. The molecule has 0 unspecified atom stereocenters. The maximum Gasteiger partial charge on any atom is 0.180 e. The summed E-state index contributed by atoms with van der Waals surface area (Å²) in [5.74, 6) is 1.45. The van der Waals surface area contributed by atoms with Crippen LogP contribution in [0.2, 0.25) is 0 Å². The van der Waals surface area contributed by atoms with Crippen molar-refractivity contribution in [3.8, 4) is 11.5 Å². The van der Waals surface area contributed by atoms with E-state index in [0.717, 1.165) is 46.6 Å². The van der Waals surface area contributed by atoms with Gasteiger partial charge in [0.15, 0.2) is 14.2 Å². The van der Waals surface area contributed by atoms with Gasteiger partial charge in [-0.1, -0.05) is 114 Å².